The van der Waals surface area contributed by atoms with E-state index in [-0.39, 0.29) is 11.4 Å². The highest BCUT2D eigenvalue weighted by Gasteiger charge is 2.36. The predicted octanol–water partition coefficient (Wildman–Crippen LogP) is 1.96. The molecule has 0 aliphatic carbocycles. The van der Waals surface area contributed by atoms with Gasteiger partial charge in [0.2, 0.25) is 5.91 Å². The van der Waals surface area contributed by atoms with E-state index in [1.54, 1.807) is 42.6 Å². The molecule has 2 aromatic heterocycles. The second-order valence-electron chi connectivity index (χ2n) is 6.41. The SMILES string of the molecule is O=C(CN1c2cccc3cccc(c23)S1(=O)=O)Nc1cccnc1-n1cncn1. The predicted molar refractivity (Wildman–Crippen MR) is 106 cm³/mol. The van der Waals surface area contributed by atoms with Gasteiger partial charge >= 0.3 is 0 Å². The largest absolute Gasteiger partial charge is 0.321 e. The molecule has 5 rings (SSSR count). The lowest BCUT2D eigenvalue weighted by molar-refractivity contribution is -0.114. The van der Waals surface area contributed by atoms with Crippen LogP contribution in [0, 0.1) is 0 Å². The monoisotopic (exact) mass is 406 g/mol. The Hall–Kier alpha value is -3.79. The Morgan fingerprint density at radius 1 is 1.07 bits per heavy atom. The molecule has 0 bridgehead atoms. The van der Waals surface area contributed by atoms with Crippen molar-refractivity contribution < 1.29 is 13.2 Å². The highest BCUT2D eigenvalue weighted by molar-refractivity contribution is 7.93. The smallest absolute Gasteiger partial charge is 0.265 e. The molecule has 2 aromatic carbocycles. The van der Waals surface area contributed by atoms with Gasteiger partial charge in [-0.15, -0.1) is 0 Å². The van der Waals surface area contributed by atoms with E-state index in [0.29, 0.717) is 22.6 Å². The fourth-order valence-electron chi connectivity index (χ4n) is 3.44. The van der Waals surface area contributed by atoms with E-state index in [9.17, 15) is 13.2 Å². The molecule has 0 atom stereocenters. The quantitative estimate of drug-likeness (QED) is 0.555. The fourth-order valence-corrected chi connectivity index (χ4v) is 5.11. The molecule has 0 saturated carbocycles. The molecule has 144 valence electrons. The van der Waals surface area contributed by atoms with Crippen LogP contribution < -0.4 is 9.62 Å². The molecular weight excluding hydrogens is 392 g/mol. The first-order valence-corrected chi connectivity index (χ1v) is 10.1. The summed E-state index contributed by atoms with van der Waals surface area (Å²) in [6.07, 6.45) is 4.38. The Bertz CT molecular complexity index is 1350. The Balaban J connectivity index is 1.47. The van der Waals surface area contributed by atoms with E-state index in [0.717, 1.165) is 9.69 Å². The minimum atomic E-state index is -3.81. The van der Waals surface area contributed by atoms with Gasteiger partial charge in [-0.1, -0.05) is 24.3 Å². The number of hydrogen-bond donors (Lipinski definition) is 1. The molecule has 1 N–H and O–H groups in total. The maximum Gasteiger partial charge on any atom is 0.265 e. The second-order valence-corrected chi connectivity index (χ2v) is 8.24. The number of carbonyl (C=O) groups is 1. The summed E-state index contributed by atoms with van der Waals surface area (Å²) in [5, 5.41) is 8.19. The molecule has 10 heteroatoms. The third-order valence-electron chi connectivity index (χ3n) is 4.66. The van der Waals surface area contributed by atoms with Crippen LogP contribution in [0.1, 0.15) is 0 Å². The number of sulfonamides is 1. The molecule has 0 radical (unpaired) electrons. The number of carbonyl (C=O) groups excluding carboxylic acids is 1. The molecule has 4 aromatic rings. The molecule has 0 unspecified atom stereocenters. The van der Waals surface area contributed by atoms with Crippen LogP contribution in [-0.2, 0) is 14.8 Å². The van der Waals surface area contributed by atoms with E-state index >= 15 is 0 Å². The zero-order chi connectivity index (χ0) is 20.0. The average molecular weight is 406 g/mol. The van der Waals surface area contributed by atoms with E-state index in [4.69, 9.17) is 0 Å². The lowest BCUT2D eigenvalue weighted by atomic mass is 10.1. The van der Waals surface area contributed by atoms with Gasteiger partial charge in [0, 0.05) is 11.6 Å². The molecule has 1 amide bonds. The number of anilines is 2. The highest BCUT2D eigenvalue weighted by Crippen LogP contribution is 2.41. The van der Waals surface area contributed by atoms with Gasteiger partial charge in [0.25, 0.3) is 10.0 Å². The first-order valence-electron chi connectivity index (χ1n) is 8.70. The number of amides is 1. The van der Waals surface area contributed by atoms with E-state index in [1.165, 1.54) is 17.3 Å². The van der Waals surface area contributed by atoms with Gasteiger partial charge < -0.3 is 5.32 Å². The van der Waals surface area contributed by atoms with Crippen molar-refractivity contribution >= 4 is 38.1 Å². The Morgan fingerprint density at radius 2 is 1.90 bits per heavy atom. The van der Waals surface area contributed by atoms with E-state index < -0.39 is 15.9 Å². The second kappa shape index (κ2) is 6.38. The topological polar surface area (TPSA) is 110 Å². The summed E-state index contributed by atoms with van der Waals surface area (Å²) in [4.78, 5) is 21.1. The van der Waals surface area contributed by atoms with Crippen molar-refractivity contribution in [3.8, 4) is 5.82 Å². The van der Waals surface area contributed by atoms with Crippen molar-refractivity contribution in [2.75, 3.05) is 16.2 Å². The molecule has 29 heavy (non-hydrogen) atoms. The van der Waals surface area contributed by atoms with Crippen molar-refractivity contribution in [2.45, 2.75) is 4.90 Å². The van der Waals surface area contributed by atoms with Crippen molar-refractivity contribution in [1.29, 1.82) is 0 Å². The molecule has 0 saturated heterocycles. The Kier molecular flexibility index (Phi) is 3.81. The number of rotatable bonds is 4. The number of nitrogens with one attached hydrogen (secondary N) is 1. The van der Waals surface area contributed by atoms with Crippen LogP contribution in [0.4, 0.5) is 11.4 Å². The maximum absolute atomic E-state index is 13.0. The molecule has 3 heterocycles. The van der Waals surface area contributed by atoms with Crippen molar-refractivity contribution in [2.24, 2.45) is 0 Å². The molecule has 9 nitrogen and oxygen atoms in total. The summed E-state index contributed by atoms with van der Waals surface area (Å²) in [5.74, 6) is -0.110. The van der Waals surface area contributed by atoms with Gasteiger partial charge in [0.1, 0.15) is 19.2 Å². The van der Waals surface area contributed by atoms with Gasteiger partial charge in [-0.05, 0) is 29.7 Å². The van der Waals surface area contributed by atoms with Gasteiger partial charge in [-0.3, -0.25) is 9.10 Å². The van der Waals surface area contributed by atoms with Gasteiger partial charge in [0.05, 0.1) is 16.3 Å². The summed E-state index contributed by atoms with van der Waals surface area (Å²) < 4.78 is 28.6. The molecule has 0 spiro atoms. The van der Waals surface area contributed by atoms with Gasteiger partial charge in [-0.25, -0.2) is 23.1 Å². The Labute approximate surface area is 165 Å². The third-order valence-corrected chi connectivity index (χ3v) is 6.47. The van der Waals surface area contributed by atoms with Gasteiger partial charge in [-0.2, -0.15) is 5.10 Å². The minimum Gasteiger partial charge on any atom is -0.321 e. The number of aromatic nitrogens is 4. The first kappa shape index (κ1) is 17.3. The van der Waals surface area contributed by atoms with Crippen LogP contribution >= 0.6 is 0 Å². The Morgan fingerprint density at radius 3 is 2.69 bits per heavy atom. The molecule has 0 fully saturated rings. The zero-order valence-corrected chi connectivity index (χ0v) is 15.7. The lowest BCUT2D eigenvalue weighted by Crippen LogP contribution is -2.35. The van der Waals surface area contributed by atoms with Crippen LogP contribution in [0.25, 0.3) is 16.6 Å². The first-order chi connectivity index (χ1) is 14.1. The fraction of sp³-hybridized carbons (Fsp3) is 0.0526. The van der Waals surface area contributed by atoms with Crippen LogP contribution in [0.3, 0.4) is 0 Å². The average Bonchev–Trinajstić information content (AvgIpc) is 3.32. The van der Waals surface area contributed by atoms with E-state index in [2.05, 4.69) is 20.4 Å². The lowest BCUT2D eigenvalue weighted by Gasteiger charge is -2.18. The number of benzene rings is 2. The summed E-state index contributed by atoms with van der Waals surface area (Å²) in [6.45, 7) is -0.359. The van der Waals surface area contributed by atoms with Crippen molar-refractivity contribution in [3.05, 3.63) is 67.4 Å². The van der Waals surface area contributed by atoms with Crippen molar-refractivity contribution in [3.63, 3.8) is 0 Å². The van der Waals surface area contributed by atoms with Crippen LogP contribution in [0.2, 0.25) is 0 Å². The van der Waals surface area contributed by atoms with Gasteiger partial charge in [0.15, 0.2) is 5.82 Å². The summed E-state index contributed by atoms with van der Waals surface area (Å²) in [6, 6.07) is 13.8. The highest BCUT2D eigenvalue weighted by atomic mass is 32.2. The van der Waals surface area contributed by atoms with Crippen LogP contribution in [0.15, 0.2) is 72.3 Å². The summed E-state index contributed by atoms with van der Waals surface area (Å²) in [5.41, 5.74) is 0.895. The standard InChI is InChI=1S/C19H14N6O3S/c26-17(23-14-6-3-9-21-19(14)24-12-20-11-22-24)10-25-15-7-1-4-13-5-2-8-16(18(13)15)29(25,27)28/h1-9,11-12H,10H2,(H,23,26). The van der Waals surface area contributed by atoms with E-state index in [1.807, 2.05) is 12.1 Å². The summed E-state index contributed by atoms with van der Waals surface area (Å²) >= 11 is 0. The molecule has 1 aliphatic heterocycles. The normalized spacial score (nSPS) is 14.3. The number of nitrogens with zero attached hydrogens (tertiary/aromatic N) is 5. The maximum atomic E-state index is 13.0. The van der Waals surface area contributed by atoms with Crippen LogP contribution in [-0.4, -0.2) is 40.6 Å². The third kappa shape index (κ3) is 2.72. The zero-order valence-electron chi connectivity index (χ0n) is 14.9. The van der Waals surface area contributed by atoms with Crippen molar-refractivity contribution in [1.82, 2.24) is 19.7 Å². The summed E-state index contributed by atoms with van der Waals surface area (Å²) in [7, 11) is -3.81. The molecular formula is C19H14N6O3S. The van der Waals surface area contributed by atoms with Crippen LogP contribution in [0.5, 0.6) is 0 Å². The number of pyridine rings is 1. The molecule has 1 aliphatic rings. The number of hydrogen-bond acceptors (Lipinski definition) is 6. The minimum absolute atomic E-state index is 0.211.